The number of Topliss-reactive ketones (excluding diaryl/α,β-unsaturated/α-hetero) is 1. The number of nitrogens with one attached hydrogen (secondary N) is 1. The summed E-state index contributed by atoms with van der Waals surface area (Å²) in [6, 6.07) is 5.97. The molecule has 7 nitrogen and oxygen atoms in total. The number of allylic oxidation sites excluding steroid dienone is 4. The molecular formula is C27H30FN5O2. The van der Waals surface area contributed by atoms with Crippen molar-refractivity contribution in [3.8, 4) is 17.5 Å². The topological polar surface area (TPSA) is 118 Å². The third-order valence-corrected chi connectivity index (χ3v) is 8.06. The molecule has 1 aromatic carbocycles. The van der Waals surface area contributed by atoms with E-state index in [0.717, 1.165) is 36.0 Å². The van der Waals surface area contributed by atoms with Gasteiger partial charge in [0.25, 0.3) is 0 Å². The zero-order valence-electron chi connectivity index (χ0n) is 19.9. The van der Waals surface area contributed by atoms with Crippen LogP contribution in [0.1, 0.15) is 66.4 Å². The van der Waals surface area contributed by atoms with Gasteiger partial charge in [0.05, 0.1) is 12.0 Å². The zero-order chi connectivity index (χ0) is 24.6. The van der Waals surface area contributed by atoms with Crippen LogP contribution in [0, 0.1) is 22.7 Å². The zero-order valence-corrected chi connectivity index (χ0v) is 19.9. The number of carbonyl (C=O) groups excluding carboxylic acids is 1. The van der Waals surface area contributed by atoms with Gasteiger partial charge in [-0.25, -0.2) is 4.39 Å². The smallest absolute Gasteiger partial charge is 0.313 e. The molecule has 2 aliphatic carbocycles. The Kier molecular flexibility index (Phi) is 6.06. The van der Waals surface area contributed by atoms with E-state index in [1.54, 1.807) is 18.2 Å². The number of nitriles is 1. The summed E-state index contributed by atoms with van der Waals surface area (Å²) in [5, 5.41) is 21.3. The molecule has 5 rings (SSSR count). The van der Waals surface area contributed by atoms with Crippen molar-refractivity contribution in [1.29, 1.82) is 5.26 Å². The van der Waals surface area contributed by atoms with E-state index in [4.69, 9.17) is 10.2 Å². The maximum atomic E-state index is 17.0. The van der Waals surface area contributed by atoms with Crippen molar-refractivity contribution in [2.24, 2.45) is 11.3 Å². The van der Waals surface area contributed by atoms with Gasteiger partial charge in [-0.3, -0.25) is 4.79 Å². The minimum atomic E-state index is -2.00. The van der Waals surface area contributed by atoms with Crippen LogP contribution < -0.4 is 11.1 Å². The number of nitrogens with zero attached hydrogens (tertiary/aromatic N) is 3. The Labute approximate surface area is 204 Å². The minimum Gasteiger partial charge on any atom is -0.404 e. The molecule has 3 N–H and O–H groups in total. The maximum Gasteiger partial charge on any atom is 0.313 e. The van der Waals surface area contributed by atoms with Gasteiger partial charge in [0, 0.05) is 17.7 Å². The first-order chi connectivity index (χ1) is 16.9. The van der Waals surface area contributed by atoms with Crippen LogP contribution in [0.25, 0.3) is 11.5 Å². The van der Waals surface area contributed by atoms with Crippen LogP contribution in [0.3, 0.4) is 0 Å². The molecule has 3 unspecified atom stereocenters. The number of nitrogen functional groups attached to an aromatic ring is 1. The van der Waals surface area contributed by atoms with E-state index in [1.807, 2.05) is 25.1 Å². The number of alkyl halides is 1. The Bertz CT molecular complexity index is 1240. The average molecular weight is 476 g/mol. The summed E-state index contributed by atoms with van der Waals surface area (Å²) in [6.45, 7) is 2.55. The Morgan fingerprint density at radius 2 is 2.17 bits per heavy atom. The summed E-state index contributed by atoms with van der Waals surface area (Å²) in [4.78, 5) is 14.1. The Hall–Kier alpha value is -3.31. The van der Waals surface area contributed by atoms with Crippen LogP contribution >= 0.6 is 0 Å². The lowest BCUT2D eigenvalue weighted by Gasteiger charge is -2.46. The molecule has 1 aromatic heterocycles. The number of hydrogen-bond donors (Lipinski definition) is 2. The summed E-state index contributed by atoms with van der Waals surface area (Å²) in [6.07, 6.45) is 11.1. The molecule has 1 aliphatic heterocycles. The number of benzene rings is 1. The Balaban J connectivity index is 1.62. The van der Waals surface area contributed by atoms with Crippen LogP contribution in [0.5, 0.6) is 0 Å². The van der Waals surface area contributed by atoms with E-state index in [0.29, 0.717) is 24.4 Å². The van der Waals surface area contributed by atoms with Crippen LogP contribution in [-0.2, 0) is 6.42 Å². The molecule has 182 valence electrons. The molecule has 3 atom stereocenters. The van der Waals surface area contributed by atoms with Crippen LogP contribution in [0.4, 0.5) is 10.4 Å². The highest BCUT2D eigenvalue weighted by molar-refractivity contribution is 6.02. The summed E-state index contributed by atoms with van der Waals surface area (Å²) in [7, 11) is 0. The Morgan fingerprint density at radius 1 is 1.34 bits per heavy atom. The number of nitrogens with two attached hydrogens (primary N) is 1. The predicted octanol–water partition coefficient (Wildman–Crippen LogP) is 4.68. The number of rotatable bonds is 6. The predicted molar refractivity (Wildman–Crippen MR) is 130 cm³/mol. The van der Waals surface area contributed by atoms with Gasteiger partial charge in [0.1, 0.15) is 11.1 Å². The molecule has 2 aromatic rings. The number of anilines is 1. The van der Waals surface area contributed by atoms with Crippen molar-refractivity contribution in [2.75, 3.05) is 18.8 Å². The third kappa shape index (κ3) is 3.69. The fraction of sp³-hybridized carbons (Fsp3) is 0.481. The molecule has 2 heterocycles. The standard InChI is InChI=1S/C27H30FN5O2/c1-2-18-20(10-9-19(17-7-6-8-17)22(18)24-32-33-25(30)35-24)23(34)21-15-31-14-13-27(21,28)26(16-29)11-4-3-5-12-26/h3-5,9-11,17,21,31H,2,6-8,12-15H2,1H3,(H2,30,33). The quantitative estimate of drug-likeness (QED) is 0.583. The molecule has 1 saturated carbocycles. The molecule has 0 spiro atoms. The van der Waals surface area contributed by atoms with Gasteiger partial charge in [-0.2, -0.15) is 5.26 Å². The molecule has 3 aliphatic rings. The first-order valence-corrected chi connectivity index (χ1v) is 12.4. The molecule has 8 heteroatoms. The number of aromatic nitrogens is 2. The van der Waals surface area contributed by atoms with Gasteiger partial charge >= 0.3 is 6.01 Å². The monoisotopic (exact) mass is 475 g/mol. The molecule has 35 heavy (non-hydrogen) atoms. The third-order valence-electron chi connectivity index (χ3n) is 8.06. The Morgan fingerprint density at radius 3 is 2.77 bits per heavy atom. The summed E-state index contributed by atoms with van der Waals surface area (Å²) < 4.78 is 22.6. The summed E-state index contributed by atoms with van der Waals surface area (Å²) in [5.41, 5.74) is 5.37. The molecular weight excluding hydrogens is 445 g/mol. The minimum absolute atomic E-state index is 0.0364. The fourth-order valence-electron chi connectivity index (χ4n) is 5.89. The first kappa shape index (κ1) is 23.4. The summed E-state index contributed by atoms with van der Waals surface area (Å²) in [5.74, 6) is -0.668. The van der Waals surface area contributed by atoms with E-state index in [2.05, 4.69) is 21.6 Å². The second-order valence-corrected chi connectivity index (χ2v) is 9.79. The second kappa shape index (κ2) is 9.04. The van der Waals surface area contributed by atoms with E-state index in [9.17, 15) is 10.1 Å². The number of halogens is 1. The van der Waals surface area contributed by atoms with Crippen molar-refractivity contribution in [3.05, 3.63) is 53.1 Å². The molecule has 1 saturated heterocycles. The highest BCUT2D eigenvalue weighted by Crippen LogP contribution is 2.51. The highest BCUT2D eigenvalue weighted by atomic mass is 19.1. The molecule has 0 bridgehead atoms. The lowest BCUT2D eigenvalue weighted by molar-refractivity contribution is -0.0147. The van der Waals surface area contributed by atoms with Crippen molar-refractivity contribution in [3.63, 3.8) is 0 Å². The number of ketones is 1. The SMILES string of the molecule is CCc1c(C(=O)C2CNCCC2(F)C2(C#N)C=CC=CC2)ccc(C2CCC2)c1-c1nnc(N)o1. The van der Waals surface area contributed by atoms with E-state index < -0.39 is 17.0 Å². The average Bonchev–Trinajstić information content (AvgIpc) is 3.28. The van der Waals surface area contributed by atoms with Crippen molar-refractivity contribution < 1.29 is 13.6 Å². The summed E-state index contributed by atoms with van der Waals surface area (Å²) >= 11 is 0. The van der Waals surface area contributed by atoms with Gasteiger partial charge in [-0.1, -0.05) is 54.9 Å². The van der Waals surface area contributed by atoms with Gasteiger partial charge in [0.2, 0.25) is 5.89 Å². The van der Waals surface area contributed by atoms with Gasteiger partial charge < -0.3 is 15.5 Å². The van der Waals surface area contributed by atoms with Gasteiger partial charge in [0.15, 0.2) is 5.78 Å². The van der Waals surface area contributed by atoms with E-state index >= 15 is 4.39 Å². The van der Waals surface area contributed by atoms with Crippen molar-refractivity contribution in [2.45, 2.75) is 57.0 Å². The maximum absolute atomic E-state index is 17.0. The molecule has 2 fully saturated rings. The lowest BCUT2D eigenvalue weighted by atomic mass is 9.60. The van der Waals surface area contributed by atoms with Gasteiger partial charge in [-0.15, -0.1) is 5.10 Å². The van der Waals surface area contributed by atoms with E-state index in [1.165, 1.54) is 0 Å². The molecule has 0 amide bonds. The lowest BCUT2D eigenvalue weighted by Crippen LogP contribution is -2.59. The van der Waals surface area contributed by atoms with Crippen LogP contribution in [0.15, 0.2) is 40.9 Å². The van der Waals surface area contributed by atoms with Crippen molar-refractivity contribution >= 4 is 11.8 Å². The fourth-order valence-corrected chi connectivity index (χ4v) is 5.89. The number of hydrogen-bond acceptors (Lipinski definition) is 7. The number of carbonyl (C=O) groups is 1. The second-order valence-electron chi connectivity index (χ2n) is 9.79. The van der Waals surface area contributed by atoms with E-state index in [-0.39, 0.29) is 37.1 Å². The number of piperidine rings is 1. The molecule has 0 radical (unpaired) electrons. The normalized spacial score (nSPS) is 28.4. The van der Waals surface area contributed by atoms with Crippen molar-refractivity contribution in [1.82, 2.24) is 15.5 Å². The van der Waals surface area contributed by atoms with Gasteiger partial charge in [-0.05, 0) is 55.7 Å². The van der Waals surface area contributed by atoms with Crippen LogP contribution in [0.2, 0.25) is 0 Å². The largest absolute Gasteiger partial charge is 0.404 e. The highest BCUT2D eigenvalue weighted by Gasteiger charge is 2.59. The first-order valence-electron chi connectivity index (χ1n) is 12.4. The van der Waals surface area contributed by atoms with Crippen LogP contribution in [-0.4, -0.2) is 34.7 Å².